The van der Waals surface area contributed by atoms with Gasteiger partial charge >= 0.3 is 5.97 Å². The van der Waals surface area contributed by atoms with Crippen LogP contribution < -0.4 is 0 Å². The van der Waals surface area contributed by atoms with Crippen LogP contribution in [-0.4, -0.2) is 59.0 Å². The van der Waals surface area contributed by atoms with Gasteiger partial charge in [-0.3, -0.25) is 14.5 Å². The van der Waals surface area contributed by atoms with Gasteiger partial charge in [0, 0.05) is 25.6 Å². The lowest BCUT2D eigenvalue weighted by molar-refractivity contribution is -0.144. The second-order valence-electron chi connectivity index (χ2n) is 4.24. The number of hydrogen-bond donors (Lipinski definition) is 1. The Bertz CT molecular complexity index is 270. The van der Waals surface area contributed by atoms with Crippen LogP contribution in [-0.2, 0) is 9.59 Å². The maximum Gasteiger partial charge on any atom is 0.303 e. The van der Waals surface area contributed by atoms with E-state index in [-0.39, 0.29) is 18.7 Å². The molecule has 0 bridgehead atoms. The zero-order valence-corrected chi connectivity index (χ0v) is 8.69. The van der Waals surface area contributed by atoms with Gasteiger partial charge in [0.05, 0.1) is 6.42 Å². The standard InChI is InChI=1S/C10H16N2O3/c13-9(2-3-10(14)15)12-6-8(7-12)11-4-1-5-11/h8H,1-7H2,(H,14,15). The van der Waals surface area contributed by atoms with Crippen molar-refractivity contribution in [3.63, 3.8) is 0 Å². The molecule has 0 saturated carbocycles. The summed E-state index contributed by atoms with van der Waals surface area (Å²) in [5, 5.41) is 8.44. The normalized spacial score (nSPS) is 22.0. The van der Waals surface area contributed by atoms with Crippen molar-refractivity contribution in [3.05, 3.63) is 0 Å². The molecule has 0 aromatic heterocycles. The highest BCUT2D eigenvalue weighted by atomic mass is 16.4. The molecule has 0 aliphatic carbocycles. The van der Waals surface area contributed by atoms with E-state index in [1.807, 2.05) is 0 Å². The Morgan fingerprint density at radius 1 is 1.20 bits per heavy atom. The van der Waals surface area contributed by atoms with Crippen molar-refractivity contribution in [1.29, 1.82) is 0 Å². The maximum absolute atomic E-state index is 11.4. The van der Waals surface area contributed by atoms with Gasteiger partial charge in [0.1, 0.15) is 0 Å². The minimum atomic E-state index is -0.900. The Morgan fingerprint density at radius 2 is 1.87 bits per heavy atom. The van der Waals surface area contributed by atoms with E-state index in [0.717, 1.165) is 26.2 Å². The highest BCUT2D eigenvalue weighted by Gasteiger charge is 2.36. The molecule has 1 N–H and O–H groups in total. The van der Waals surface area contributed by atoms with Crippen LogP contribution in [0.1, 0.15) is 19.3 Å². The Kier molecular flexibility index (Phi) is 2.90. The molecular weight excluding hydrogens is 196 g/mol. The molecule has 2 heterocycles. The van der Waals surface area contributed by atoms with Gasteiger partial charge in [-0.2, -0.15) is 0 Å². The smallest absolute Gasteiger partial charge is 0.303 e. The van der Waals surface area contributed by atoms with Crippen LogP contribution >= 0.6 is 0 Å². The van der Waals surface area contributed by atoms with Crippen molar-refractivity contribution >= 4 is 11.9 Å². The second kappa shape index (κ2) is 4.18. The molecule has 0 radical (unpaired) electrons. The Hall–Kier alpha value is -1.10. The molecule has 0 spiro atoms. The lowest BCUT2D eigenvalue weighted by atomic mass is 10.0. The average molecular weight is 212 g/mol. The number of amides is 1. The number of likely N-dealkylation sites (tertiary alicyclic amines) is 2. The zero-order valence-electron chi connectivity index (χ0n) is 8.69. The van der Waals surface area contributed by atoms with Crippen molar-refractivity contribution < 1.29 is 14.7 Å². The van der Waals surface area contributed by atoms with Crippen LogP contribution in [0.4, 0.5) is 0 Å². The van der Waals surface area contributed by atoms with Gasteiger partial charge in [0.25, 0.3) is 0 Å². The van der Waals surface area contributed by atoms with E-state index < -0.39 is 5.97 Å². The third kappa shape index (κ3) is 2.28. The molecule has 1 amide bonds. The number of carboxylic acids is 1. The van der Waals surface area contributed by atoms with Crippen molar-refractivity contribution in [1.82, 2.24) is 9.80 Å². The van der Waals surface area contributed by atoms with Crippen molar-refractivity contribution in [2.24, 2.45) is 0 Å². The molecule has 0 unspecified atom stereocenters. The minimum absolute atomic E-state index is 0.0193. The summed E-state index contributed by atoms with van der Waals surface area (Å²) in [6.07, 6.45) is 1.36. The average Bonchev–Trinajstić information content (AvgIpc) is 2.02. The quantitative estimate of drug-likeness (QED) is 0.699. The number of nitrogens with zero attached hydrogens (tertiary/aromatic N) is 2. The summed E-state index contributed by atoms with van der Waals surface area (Å²) in [5.41, 5.74) is 0. The van der Waals surface area contributed by atoms with E-state index in [1.165, 1.54) is 6.42 Å². The predicted molar refractivity (Wildman–Crippen MR) is 53.4 cm³/mol. The van der Waals surface area contributed by atoms with Crippen LogP contribution in [0, 0.1) is 0 Å². The topological polar surface area (TPSA) is 60.9 Å². The molecule has 0 aromatic carbocycles. The van der Waals surface area contributed by atoms with Crippen LogP contribution in [0.2, 0.25) is 0 Å². The first-order valence-electron chi connectivity index (χ1n) is 5.40. The fourth-order valence-electron chi connectivity index (χ4n) is 1.97. The summed E-state index contributed by atoms with van der Waals surface area (Å²) in [6, 6.07) is 0.535. The molecule has 5 heteroatoms. The van der Waals surface area contributed by atoms with Crippen LogP contribution in [0.5, 0.6) is 0 Å². The lowest BCUT2D eigenvalue weighted by Crippen LogP contribution is -2.63. The first-order chi connectivity index (χ1) is 7.16. The Balaban J connectivity index is 1.65. The number of carbonyl (C=O) groups is 2. The van der Waals surface area contributed by atoms with E-state index in [9.17, 15) is 9.59 Å². The fourth-order valence-corrected chi connectivity index (χ4v) is 1.97. The molecule has 2 aliphatic heterocycles. The van der Waals surface area contributed by atoms with Crippen molar-refractivity contribution in [2.45, 2.75) is 25.3 Å². The molecule has 15 heavy (non-hydrogen) atoms. The number of hydrogen-bond acceptors (Lipinski definition) is 3. The monoisotopic (exact) mass is 212 g/mol. The van der Waals surface area contributed by atoms with E-state index in [0.29, 0.717) is 6.04 Å². The maximum atomic E-state index is 11.4. The van der Waals surface area contributed by atoms with Gasteiger partial charge in [-0.25, -0.2) is 0 Å². The molecule has 2 saturated heterocycles. The molecule has 84 valence electrons. The molecule has 0 aromatic rings. The van der Waals surface area contributed by atoms with E-state index in [4.69, 9.17) is 5.11 Å². The highest BCUT2D eigenvalue weighted by molar-refractivity contribution is 5.81. The molecule has 2 aliphatic rings. The van der Waals surface area contributed by atoms with Gasteiger partial charge in [-0.05, 0) is 19.5 Å². The zero-order chi connectivity index (χ0) is 10.8. The second-order valence-corrected chi connectivity index (χ2v) is 4.24. The number of aliphatic carboxylic acids is 1. The minimum Gasteiger partial charge on any atom is -0.481 e. The van der Waals surface area contributed by atoms with E-state index in [2.05, 4.69) is 4.90 Å². The van der Waals surface area contributed by atoms with Gasteiger partial charge in [-0.15, -0.1) is 0 Å². The molecule has 5 nitrogen and oxygen atoms in total. The van der Waals surface area contributed by atoms with Crippen LogP contribution in [0.15, 0.2) is 0 Å². The molecule has 0 atom stereocenters. The fraction of sp³-hybridized carbons (Fsp3) is 0.800. The number of carboxylic acid groups (broad SMARTS) is 1. The first kappa shape index (κ1) is 10.4. The van der Waals surface area contributed by atoms with Crippen molar-refractivity contribution in [3.8, 4) is 0 Å². The van der Waals surface area contributed by atoms with Gasteiger partial charge < -0.3 is 10.0 Å². The van der Waals surface area contributed by atoms with Crippen LogP contribution in [0.3, 0.4) is 0 Å². The molecule has 2 fully saturated rings. The third-order valence-electron chi connectivity index (χ3n) is 3.17. The summed E-state index contributed by atoms with van der Waals surface area (Å²) in [4.78, 5) is 25.9. The summed E-state index contributed by atoms with van der Waals surface area (Å²) in [6.45, 7) is 3.89. The molecular formula is C10H16N2O3. The molecule has 2 rings (SSSR count). The van der Waals surface area contributed by atoms with Gasteiger partial charge in [-0.1, -0.05) is 0 Å². The van der Waals surface area contributed by atoms with Gasteiger partial charge in [0.15, 0.2) is 0 Å². The van der Waals surface area contributed by atoms with Crippen LogP contribution in [0.25, 0.3) is 0 Å². The number of rotatable bonds is 4. The summed E-state index contributed by atoms with van der Waals surface area (Å²) < 4.78 is 0. The lowest BCUT2D eigenvalue weighted by Gasteiger charge is -2.49. The SMILES string of the molecule is O=C(O)CCC(=O)N1CC(N2CCC2)C1. The Morgan fingerprint density at radius 3 is 2.33 bits per heavy atom. The third-order valence-corrected chi connectivity index (χ3v) is 3.17. The Labute approximate surface area is 88.6 Å². The summed E-state index contributed by atoms with van der Waals surface area (Å²) in [5.74, 6) is -0.919. The van der Waals surface area contributed by atoms with E-state index >= 15 is 0 Å². The highest BCUT2D eigenvalue weighted by Crippen LogP contribution is 2.20. The predicted octanol–water partition coefficient (Wildman–Crippen LogP) is -0.232. The van der Waals surface area contributed by atoms with Gasteiger partial charge in [0.2, 0.25) is 5.91 Å². The number of carbonyl (C=O) groups excluding carboxylic acids is 1. The largest absolute Gasteiger partial charge is 0.481 e. The van der Waals surface area contributed by atoms with E-state index in [1.54, 1.807) is 4.90 Å². The van der Waals surface area contributed by atoms with Crippen molar-refractivity contribution in [2.75, 3.05) is 26.2 Å². The summed E-state index contributed by atoms with van der Waals surface area (Å²) >= 11 is 0. The first-order valence-corrected chi connectivity index (χ1v) is 5.40. The summed E-state index contributed by atoms with van der Waals surface area (Å²) in [7, 11) is 0.